The van der Waals surface area contributed by atoms with Gasteiger partial charge < -0.3 is 10.1 Å². The van der Waals surface area contributed by atoms with Crippen molar-refractivity contribution >= 4 is 5.91 Å². The molecule has 35 heavy (non-hydrogen) atoms. The second kappa shape index (κ2) is 10.7. The van der Waals surface area contributed by atoms with E-state index >= 15 is 0 Å². The average molecular weight is 482 g/mol. The minimum absolute atomic E-state index is 0.0953. The molecule has 0 bridgehead atoms. The highest BCUT2D eigenvalue weighted by Crippen LogP contribution is 2.31. The van der Waals surface area contributed by atoms with Gasteiger partial charge in [0.1, 0.15) is 5.75 Å². The first kappa shape index (κ1) is 24.4. The maximum atomic E-state index is 12.7. The number of nitrogens with zero attached hydrogens (tertiary/aromatic N) is 2. The molecule has 2 heterocycles. The van der Waals surface area contributed by atoms with Gasteiger partial charge in [-0.3, -0.25) is 9.78 Å². The molecule has 5 nitrogen and oxygen atoms in total. The number of rotatable bonds is 6. The van der Waals surface area contributed by atoms with Crippen LogP contribution < -0.4 is 10.1 Å². The van der Waals surface area contributed by atoms with Gasteiger partial charge in [-0.2, -0.15) is 13.2 Å². The van der Waals surface area contributed by atoms with Crippen molar-refractivity contribution in [2.24, 2.45) is 5.92 Å². The molecule has 1 N–H and O–H groups in total. The van der Waals surface area contributed by atoms with Crippen LogP contribution >= 0.6 is 0 Å². The number of ether oxygens (including phenoxy) is 1. The van der Waals surface area contributed by atoms with E-state index in [9.17, 15) is 18.0 Å². The fourth-order valence-corrected chi connectivity index (χ4v) is 4.20. The van der Waals surface area contributed by atoms with E-state index in [-0.39, 0.29) is 17.8 Å². The summed E-state index contributed by atoms with van der Waals surface area (Å²) in [5.74, 6) is 0.873. The van der Waals surface area contributed by atoms with Crippen LogP contribution in [0, 0.1) is 5.92 Å². The van der Waals surface area contributed by atoms with E-state index < -0.39 is 11.7 Å². The highest BCUT2D eigenvalue weighted by atomic mass is 19.4. The largest absolute Gasteiger partial charge is 0.439 e. The molecule has 1 aliphatic rings. The SMILES string of the molecule is CC1CC(NC(=O)c2cccnc2)CCC1=CCc1cccc(Oc2ccc(C(F)(F)F)cn2)c1. The van der Waals surface area contributed by atoms with Gasteiger partial charge in [0.05, 0.1) is 11.1 Å². The number of allylic oxidation sites excluding steroid dienone is 2. The summed E-state index contributed by atoms with van der Waals surface area (Å²) < 4.78 is 43.8. The lowest BCUT2D eigenvalue weighted by atomic mass is 9.81. The molecule has 3 aromatic rings. The first-order valence-electron chi connectivity index (χ1n) is 11.5. The van der Waals surface area contributed by atoms with E-state index in [0.717, 1.165) is 37.1 Å². The van der Waals surface area contributed by atoms with Crippen molar-refractivity contribution in [1.82, 2.24) is 15.3 Å². The number of aromatic nitrogens is 2. The summed E-state index contributed by atoms with van der Waals surface area (Å²) >= 11 is 0. The van der Waals surface area contributed by atoms with Gasteiger partial charge in [-0.05, 0) is 67.5 Å². The maximum absolute atomic E-state index is 12.7. The molecular formula is C27H26F3N3O2. The standard InChI is InChI=1S/C27H26F3N3O2/c1-18-14-23(33-26(34)21-5-3-13-31-16-21)11-9-20(18)8-7-19-4-2-6-24(15-19)35-25-12-10-22(17-32-25)27(28,29)30/h2-6,8,10,12-13,15-18,23H,7,9,11,14H2,1H3,(H,33,34). The number of pyridine rings is 2. The third kappa shape index (κ3) is 6.68. The first-order valence-corrected chi connectivity index (χ1v) is 11.5. The first-order chi connectivity index (χ1) is 16.8. The minimum Gasteiger partial charge on any atom is -0.439 e. The van der Waals surface area contributed by atoms with Crippen LogP contribution in [0.15, 0.2) is 78.8 Å². The predicted molar refractivity (Wildman–Crippen MR) is 126 cm³/mol. The Balaban J connectivity index is 1.32. The van der Waals surface area contributed by atoms with Crippen molar-refractivity contribution in [1.29, 1.82) is 0 Å². The molecule has 0 spiro atoms. The Labute approximate surface area is 202 Å². The van der Waals surface area contributed by atoms with E-state index in [1.807, 2.05) is 18.2 Å². The van der Waals surface area contributed by atoms with Crippen LogP contribution in [0.2, 0.25) is 0 Å². The number of halogens is 3. The van der Waals surface area contributed by atoms with E-state index in [1.165, 1.54) is 11.6 Å². The van der Waals surface area contributed by atoms with Crippen LogP contribution in [0.3, 0.4) is 0 Å². The van der Waals surface area contributed by atoms with Crippen LogP contribution in [0.1, 0.15) is 47.7 Å². The Kier molecular flexibility index (Phi) is 7.48. The van der Waals surface area contributed by atoms with Crippen LogP contribution in [0.4, 0.5) is 13.2 Å². The second-order valence-electron chi connectivity index (χ2n) is 8.70. The van der Waals surface area contributed by atoms with Crippen LogP contribution in [0.5, 0.6) is 11.6 Å². The van der Waals surface area contributed by atoms with Gasteiger partial charge in [0.2, 0.25) is 5.88 Å². The number of carbonyl (C=O) groups is 1. The Hall–Kier alpha value is -3.68. The van der Waals surface area contributed by atoms with E-state index in [2.05, 4.69) is 28.3 Å². The normalized spacial score (nSPS) is 19.4. The van der Waals surface area contributed by atoms with Crippen molar-refractivity contribution in [3.05, 3.63) is 95.5 Å². The zero-order valence-corrected chi connectivity index (χ0v) is 19.3. The smallest absolute Gasteiger partial charge is 0.417 e. The lowest BCUT2D eigenvalue weighted by Crippen LogP contribution is -2.38. The maximum Gasteiger partial charge on any atom is 0.417 e. The quantitative estimate of drug-likeness (QED) is 0.415. The third-order valence-corrected chi connectivity index (χ3v) is 6.10. The lowest BCUT2D eigenvalue weighted by Gasteiger charge is -2.30. The van der Waals surface area contributed by atoms with E-state index in [0.29, 0.717) is 23.7 Å². The van der Waals surface area contributed by atoms with E-state index in [4.69, 9.17) is 4.74 Å². The minimum atomic E-state index is -4.43. The highest BCUT2D eigenvalue weighted by Gasteiger charge is 2.30. The Morgan fingerprint density at radius 2 is 2.03 bits per heavy atom. The number of carbonyl (C=O) groups excluding carboxylic acids is 1. The van der Waals surface area contributed by atoms with Crippen molar-refractivity contribution in [2.75, 3.05) is 0 Å². The fraction of sp³-hybridized carbons (Fsp3) is 0.296. The van der Waals surface area contributed by atoms with Crippen molar-refractivity contribution in [3.63, 3.8) is 0 Å². The van der Waals surface area contributed by atoms with Gasteiger partial charge in [0.15, 0.2) is 0 Å². The lowest BCUT2D eigenvalue weighted by molar-refractivity contribution is -0.137. The number of nitrogens with one attached hydrogen (secondary N) is 1. The highest BCUT2D eigenvalue weighted by molar-refractivity contribution is 5.94. The van der Waals surface area contributed by atoms with Crippen LogP contribution in [-0.2, 0) is 12.6 Å². The zero-order valence-electron chi connectivity index (χ0n) is 19.3. The van der Waals surface area contributed by atoms with Crippen molar-refractivity contribution in [3.8, 4) is 11.6 Å². The summed E-state index contributed by atoms with van der Waals surface area (Å²) in [7, 11) is 0. The second-order valence-corrected chi connectivity index (χ2v) is 8.70. The molecule has 1 fully saturated rings. The molecule has 1 aromatic carbocycles. The molecule has 8 heteroatoms. The van der Waals surface area contributed by atoms with Crippen LogP contribution in [0.25, 0.3) is 0 Å². The Bertz CT molecular complexity index is 1180. The fourth-order valence-electron chi connectivity index (χ4n) is 4.20. The van der Waals surface area contributed by atoms with Crippen molar-refractivity contribution in [2.45, 2.75) is 44.8 Å². The van der Waals surface area contributed by atoms with Gasteiger partial charge in [-0.15, -0.1) is 0 Å². The molecule has 2 atom stereocenters. The zero-order chi connectivity index (χ0) is 24.8. The molecule has 0 radical (unpaired) electrons. The average Bonchev–Trinajstić information content (AvgIpc) is 2.84. The molecule has 2 unspecified atom stereocenters. The van der Waals surface area contributed by atoms with Crippen LogP contribution in [-0.4, -0.2) is 21.9 Å². The molecule has 1 aliphatic carbocycles. The number of hydrogen-bond acceptors (Lipinski definition) is 4. The Morgan fingerprint density at radius 1 is 1.17 bits per heavy atom. The summed E-state index contributed by atoms with van der Waals surface area (Å²) in [4.78, 5) is 20.2. The molecule has 0 saturated heterocycles. The molecule has 1 saturated carbocycles. The van der Waals surface area contributed by atoms with Gasteiger partial charge >= 0.3 is 6.18 Å². The number of alkyl halides is 3. The molecule has 1 amide bonds. The molecule has 0 aliphatic heterocycles. The number of amides is 1. The summed E-state index contributed by atoms with van der Waals surface area (Å²) in [6.07, 6.45) is 5.14. The molecular weight excluding hydrogens is 455 g/mol. The molecule has 182 valence electrons. The van der Waals surface area contributed by atoms with Gasteiger partial charge in [0.25, 0.3) is 5.91 Å². The summed E-state index contributed by atoms with van der Waals surface area (Å²) in [5.41, 5.74) is 2.13. The van der Waals surface area contributed by atoms with Gasteiger partial charge in [-0.25, -0.2) is 4.98 Å². The van der Waals surface area contributed by atoms with Gasteiger partial charge in [0, 0.05) is 30.7 Å². The topological polar surface area (TPSA) is 64.1 Å². The third-order valence-electron chi connectivity index (χ3n) is 6.10. The number of hydrogen-bond donors (Lipinski definition) is 1. The Morgan fingerprint density at radius 3 is 2.71 bits per heavy atom. The monoisotopic (exact) mass is 481 g/mol. The van der Waals surface area contributed by atoms with Gasteiger partial charge in [-0.1, -0.05) is 30.7 Å². The summed E-state index contributed by atoms with van der Waals surface area (Å²) in [5, 5.41) is 3.11. The molecule has 2 aromatic heterocycles. The van der Waals surface area contributed by atoms with E-state index in [1.54, 1.807) is 30.6 Å². The number of benzene rings is 1. The summed E-state index contributed by atoms with van der Waals surface area (Å²) in [6.45, 7) is 2.17. The predicted octanol–water partition coefficient (Wildman–Crippen LogP) is 6.38. The summed E-state index contributed by atoms with van der Waals surface area (Å²) in [6, 6.07) is 13.2. The molecule has 4 rings (SSSR count). The van der Waals surface area contributed by atoms with Crippen molar-refractivity contribution < 1.29 is 22.7 Å².